The number of rotatable bonds is 0. The molecule has 0 aromatic carbocycles. The third kappa shape index (κ3) is 3.28. The molecule has 2 rings (SSSR count). The van der Waals surface area contributed by atoms with Gasteiger partial charge < -0.3 is 0 Å². The van der Waals surface area contributed by atoms with Gasteiger partial charge >= 0.3 is 22.7 Å². The lowest BCUT2D eigenvalue weighted by atomic mass is 9.95. The molecule has 2 fully saturated rings. The van der Waals surface area contributed by atoms with Gasteiger partial charge in [-0.1, -0.05) is 12.8 Å². The molecule has 4 atom stereocenters. The Kier molecular flexibility index (Phi) is 4.20. The van der Waals surface area contributed by atoms with E-state index in [0.717, 1.165) is 12.8 Å². The largest absolute Gasteiger partial charge is 0.324 e. The molecule has 0 aromatic rings. The Balaban J connectivity index is 2.05. The van der Waals surface area contributed by atoms with Crippen molar-refractivity contribution in [1.29, 1.82) is 0 Å². The first kappa shape index (κ1) is 11.6. The zero-order valence-corrected chi connectivity index (χ0v) is 9.38. The van der Waals surface area contributed by atoms with Crippen LogP contribution in [0.5, 0.6) is 0 Å². The summed E-state index contributed by atoms with van der Waals surface area (Å²) in [7, 11) is 0. The van der Waals surface area contributed by atoms with Gasteiger partial charge in [-0.15, -0.1) is 0 Å². The Morgan fingerprint density at radius 2 is 1.40 bits per heavy atom. The molecule has 0 amide bonds. The maximum Gasteiger partial charge on any atom is 0.324 e. The van der Waals surface area contributed by atoms with E-state index in [2.05, 4.69) is 8.57 Å². The zero-order chi connectivity index (χ0) is 10.7. The molecule has 1 aliphatic heterocycles. The van der Waals surface area contributed by atoms with Crippen molar-refractivity contribution in [2.75, 3.05) is 0 Å². The summed E-state index contributed by atoms with van der Waals surface area (Å²) in [6, 6.07) is 0. The fourth-order valence-corrected chi connectivity index (χ4v) is 2.74. The van der Waals surface area contributed by atoms with Crippen molar-refractivity contribution in [3.63, 3.8) is 0 Å². The van der Waals surface area contributed by atoms with Crippen LogP contribution in [0.15, 0.2) is 0 Å². The van der Waals surface area contributed by atoms with Crippen molar-refractivity contribution in [3.05, 3.63) is 0 Å². The highest BCUT2D eigenvalue weighted by Crippen LogP contribution is 2.26. The molecular weight excluding hydrogens is 246 g/mol. The molecule has 1 saturated carbocycles. The van der Waals surface area contributed by atoms with Crippen LogP contribution in [0, 0.1) is 0 Å². The maximum absolute atomic E-state index is 11.1. The molecule has 1 aliphatic carbocycles. The average Bonchev–Trinajstić information content (AvgIpc) is 2.26. The van der Waals surface area contributed by atoms with Crippen LogP contribution in [0.3, 0.4) is 0 Å². The van der Waals surface area contributed by atoms with Gasteiger partial charge in [-0.2, -0.15) is 17.0 Å². The predicted molar refractivity (Wildman–Crippen MR) is 49.8 cm³/mol. The highest BCUT2D eigenvalue weighted by atomic mass is 32.2. The molecule has 15 heavy (non-hydrogen) atoms. The van der Waals surface area contributed by atoms with Crippen LogP contribution in [-0.4, -0.2) is 20.6 Å². The second-order valence-electron chi connectivity index (χ2n) is 3.21. The first-order valence-corrected chi connectivity index (χ1v) is 6.53. The Morgan fingerprint density at radius 1 is 0.933 bits per heavy atom. The van der Waals surface area contributed by atoms with E-state index in [1.54, 1.807) is 5.64 Å². The summed E-state index contributed by atoms with van der Waals surface area (Å²) < 4.78 is 41.2. The van der Waals surface area contributed by atoms with Crippen LogP contribution in [0.1, 0.15) is 25.7 Å². The van der Waals surface area contributed by atoms with Crippen LogP contribution >= 0.6 is 0 Å². The summed E-state index contributed by atoms with van der Waals surface area (Å²) in [4.78, 5) is 0. The van der Waals surface area contributed by atoms with Crippen molar-refractivity contribution < 1.29 is 25.4 Å². The topological polar surface area (TPSA) is 83.1 Å². The van der Waals surface area contributed by atoms with E-state index in [1.807, 2.05) is 0 Å². The smallest absolute Gasteiger partial charge is 0.261 e. The van der Waals surface area contributed by atoms with E-state index < -0.39 is 22.7 Å². The van der Waals surface area contributed by atoms with Gasteiger partial charge in [-0.05, 0) is 18.5 Å². The van der Waals surface area contributed by atoms with E-state index in [1.165, 1.54) is 0 Å². The SMILES string of the molecule is O=S1ONOS(=O)OC2CCCCC2O1. The third-order valence-corrected chi connectivity index (χ3v) is 3.47. The molecule has 4 unspecified atom stereocenters. The molecule has 2 aliphatic rings. The first-order chi connectivity index (χ1) is 7.25. The van der Waals surface area contributed by atoms with Crippen molar-refractivity contribution >= 4 is 22.7 Å². The van der Waals surface area contributed by atoms with Crippen LogP contribution in [0.2, 0.25) is 0 Å². The number of hydrogen-bond acceptors (Lipinski definition) is 7. The highest BCUT2D eigenvalue weighted by Gasteiger charge is 2.32. The van der Waals surface area contributed by atoms with Gasteiger partial charge in [0.1, 0.15) is 12.2 Å². The number of hydrogen-bond donors (Lipinski definition) is 1. The lowest BCUT2D eigenvalue weighted by Crippen LogP contribution is -2.35. The van der Waals surface area contributed by atoms with Crippen LogP contribution in [0.4, 0.5) is 0 Å². The minimum absolute atomic E-state index is 0.368. The van der Waals surface area contributed by atoms with Gasteiger partial charge in [0.15, 0.2) is 0 Å². The summed E-state index contributed by atoms with van der Waals surface area (Å²) in [6.07, 6.45) is 2.60. The van der Waals surface area contributed by atoms with Crippen molar-refractivity contribution in [2.45, 2.75) is 37.9 Å². The van der Waals surface area contributed by atoms with Crippen molar-refractivity contribution in [1.82, 2.24) is 5.64 Å². The molecule has 7 nitrogen and oxygen atoms in total. The van der Waals surface area contributed by atoms with E-state index >= 15 is 0 Å². The van der Waals surface area contributed by atoms with E-state index in [-0.39, 0.29) is 12.2 Å². The molecular formula is C6H11NO6S2. The third-order valence-electron chi connectivity index (χ3n) is 2.25. The van der Waals surface area contributed by atoms with E-state index in [9.17, 15) is 8.42 Å². The van der Waals surface area contributed by atoms with E-state index in [0.29, 0.717) is 12.8 Å². The molecule has 1 saturated heterocycles. The summed E-state index contributed by atoms with van der Waals surface area (Å²) in [5, 5.41) is 0. The van der Waals surface area contributed by atoms with Gasteiger partial charge in [-0.3, -0.25) is 8.37 Å². The maximum atomic E-state index is 11.1. The van der Waals surface area contributed by atoms with Crippen LogP contribution in [0.25, 0.3) is 0 Å². The minimum atomic E-state index is -1.96. The Hall–Kier alpha value is 0.1000. The van der Waals surface area contributed by atoms with Gasteiger partial charge in [-0.25, -0.2) is 0 Å². The Morgan fingerprint density at radius 3 is 1.87 bits per heavy atom. The molecule has 9 heteroatoms. The molecule has 0 spiro atoms. The van der Waals surface area contributed by atoms with Crippen LogP contribution < -0.4 is 5.64 Å². The van der Waals surface area contributed by atoms with Gasteiger partial charge in [0.2, 0.25) is 0 Å². The fraction of sp³-hybridized carbons (Fsp3) is 1.00. The highest BCUT2D eigenvalue weighted by molar-refractivity contribution is 7.75. The van der Waals surface area contributed by atoms with Crippen LogP contribution in [-0.2, 0) is 39.7 Å². The fourth-order valence-electron chi connectivity index (χ4n) is 1.59. The molecule has 0 radical (unpaired) electrons. The molecule has 0 aromatic heterocycles. The number of nitrogens with one attached hydrogen (secondary N) is 1. The molecule has 88 valence electrons. The lowest BCUT2D eigenvalue weighted by Gasteiger charge is -2.27. The molecule has 1 N–H and O–H groups in total. The lowest BCUT2D eigenvalue weighted by molar-refractivity contribution is -0.0113. The van der Waals surface area contributed by atoms with Gasteiger partial charge in [0.05, 0.1) is 0 Å². The summed E-state index contributed by atoms with van der Waals surface area (Å²) in [6.45, 7) is 0. The van der Waals surface area contributed by atoms with Gasteiger partial charge in [0.25, 0.3) is 0 Å². The zero-order valence-electron chi connectivity index (χ0n) is 7.75. The molecule has 1 heterocycles. The second kappa shape index (κ2) is 5.43. The predicted octanol–water partition coefficient (Wildman–Crippen LogP) is -0.0454. The molecule has 0 bridgehead atoms. The summed E-state index contributed by atoms with van der Waals surface area (Å²) in [5.74, 6) is 0. The monoisotopic (exact) mass is 257 g/mol. The van der Waals surface area contributed by atoms with Crippen molar-refractivity contribution in [3.8, 4) is 0 Å². The first-order valence-electron chi connectivity index (χ1n) is 4.53. The minimum Gasteiger partial charge on any atom is -0.261 e. The van der Waals surface area contributed by atoms with E-state index in [4.69, 9.17) is 8.37 Å². The van der Waals surface area contributed by atoms with Gasteiger partial charge in [0, 0.05) is 0 Å². The summed E-state index contributed by atoms with van der Waals surface area (Å²) in [5.41, 5.74) is 1.79. The Bertz CT molecular complexity index is 248. The second-order valence-corrected chi connectivity index (χ2v) is 4.75. The standard InChI is InChI=1S/C6H11NO6S2/c8-14-10-5-3-1-2-4-6(5)11-15(9)13-7-12-14/h5-7H,1-4H2. The summed E-state index contributed by atoms with van der Waals surface area (Å²) >= 11 is -3.93. The normalized spacial score (nSPS) is 43.5. The Labute approximate surface area is 92.0 Å². The number of fused-ring (bicyclic) bond motifs is 1. The average molecular weight is 257 g/mol. The van der Waals surface area contributed by atoms with Crippen molar-refractivity contribution in [2.24, 2.45) is 0 Å². The quantitative estimate of drug-likeness (QED) is 0.651.